The highest BCUT2D eigenvalue weighted by Crippen LogP contribution is 2.63. The van der Waals surface area contributed by atoms with E-state index in [1.807, 2.05) is 19.9 Å². The summed E-state index contributed by atoms with van der Waals surface area (Å²) < 4.78 is 0. The lowest BCUT2D eigenvalue weighted by molar-refractivity contribution is -0.187. The van der Waals surface area contributed by atoms with E-state index >= 15 is 0 Å². The first-order valence-electron chi connectivity index (χ1n) is 7.53. The van der Waals surface area contributed by atoms with Crippen molar-refractivity contribution in [2.75, 3.05) is 0 Å². The second kappa shape index (κ2) is 4.32. The first-order valence-corrected chi connectivity index (χ1v) is 7.53. The predicted molar refractivity (Wildman–Crippen MR) is 82.9 cm³/mol. The van der Waals surface area contributed by atoms with Gasteiger partial charge in [-0.2, -0.15) is 0 Å². The van der Waals surface area contributed by atoms with Crippen molar-refractivity contribution in [1.82, 2.24) is 0 Å². The minimum atomic E-state index is -1.00. The Balaban J connectivity index is 2.60. The van der Waals surface area contributed by atoms with E-state index in [1.54, 1.807) is 6.92 Å². The van der Waals surface area contributed by atoms with Crippen LogP contribution in [-0.4, -0.2) is 16.3 Å². The van der Waals surface area contributed by atoms with Gasteiger partial charge in [-0.25, -0.2) is 0 Å². The first kappa shape index (κ1) is 15.5. The number of benzene rings is 1. The molecule has 20 heavy (non-hydrogen) atoms. The van der Waals surface area contributed by atoms with Crippen molar-refractivity contribution in [3.05, 3.63) is 34.9 Å². The van der Waals surface area contributed by atoms with E-state index in [0.717, 1.165) is 5.56 Å². The maximum atomic E-state index is 11.4. The molecule has 0 radical (unpaired) electrons. The number of aliphatic hydroxyl groups excluding tert-OH is 1. The number of fused-ring (bicyclic) bond motifs is 1. The number of rotatable bonds is 3. The van der Waals surface area contributed by atoms with Gasteiger partial charge >= 0.3 is 0 Å². The fraction of sp³-hybridized carbons (Fsp3) is 0.667. The van der Waals surface area contributed by atoms with Crippen LogP contribution in [0.1, 0.15) is 71.1 Å². The zero-order chi connectivity index (χ0) is 15.5. The molecule has 0 spiro atoms. The lowest BCUT2D eigenvalue weighted by atomic mass is 9.45. The van der Waals surface area contributed by atoms with Gasteiger partial charge in [0.1, 0.15) is 5.60 Å². The summed E-state index contributed by atoms with van der Waals surface area (Å²) in [4.78, 5) is 0. The highest BCUT2D eigenvalue weighted by Gasteiger charge is 2.65. The van der Waals surface area contributed by atoms with Gasteiger partial charge < -0.3 is 10.2 Å². The van der Waals surface area contributed by atoms with Crippen LogP contribution >= 0.6 is 0 Å². The molecule has 0 bridgehead atoms. The Labute approximate surface area is 122 Å². The molecule has 2 rings (SSSR count). The molecule has 0 saturated heterocycles. The van der Waals surface area contributed by atoms with Gasteiger partial charge in [0.25, 0.3) is 0 Å². The van der Waals surface area contributed by atoms with Gasteiger partial charge in [0, 0.05) is 10.8 Å². The maximum Gasteiger partial charge on any atom is 0.106 e. The number of aliphatic hydroxyl groups is 2. The van der Waals surface area contributed by atoms with Crippen molar-refractivity contribution in [2.24, 2.45) is 5.41 Å². The van der Waals surface area contributed by atoms with E-state index in [0.29, 0.717) is 5.92 Å². The van der Waals surface area contributed by atoms with Crippen LogP contribution in [0.25, 0.3) is 0 Å². The minimum absolute atomic E-state index is 0.353. The number of hydrogen-bond donors (Lipinski definition) is 2. The topological polar surface area (TPSA) is 40.5 Å². The Morgan fingerprint density at radius 1 is 1.05 bits per heavy atom. The molecule has 1 aliphatic rings. The van der Waals surface area contributed by atoms with Crippen LogP contribution < -0.4 is 0 Å². The summed E-state index contributed by atoms with van der Waals surface area (Å²) in [5.41, 5.74) is 1.53. The zero-order valence-electron chi connectivity index (χ0n) is 13.8. The van der Waals surface area contributed by atoms with E-state index < -0.39 is 17.1 Å². The summed E-state index contributed by atoms with van der Waals surface area (Å²) in [7, 11) is 0. The van der Waals surface area contributed by atoms with Crippen molar-refractivity contribution in [3.8, 4) is 0 Å². The molecule has 2 heteroatoms. The third kappa shape index (κ3) is 1.64. The van der Waals surface area contributed by atoms with E-state index in [1.165, 1.54) is 11.1 Å². The molecule has 1 aromatic carbocycles. The predicted octanol–water partition coefficient (Wildman–Crippen LogP) is 3.70. The lowest BCUT2D eigenvalue weighted by Crippen LogP contribution is -2.65. The molecule has 2 nitrogen and oxygen atoms in total. The summed E-state index contributed by atoms with van der Waals surface area (Å²) >= 11 is 0. The molecular weight excluding hydrogens is 248 g/mol. The third-order valence-corrected chi connectivity index (χ3v) is 5.65. The average Bonchev–Trinajstić information content (AvgIpc) is 2.36. The standard InChI is InChI=1S/C18H28O2/c1-11(2)13-8-9-14-15(10-13)17(6,7)18(14,20)16(4,5)12(3)19/h8-12,19-20H,1-7H3/t12-,18-/m0/s1. The summed E-state index contributed by atoms with van der Waals surface area (Å²) in [6.45, 7) is 14.2. The van der Waals surface area contributed by atoms with Crippen LogP contribution in [0.3, 0.4) is 0 Å². The molecule has 112 valence electrons. The fourth-order valence-electron chi connectivity index (χ4n) is 3.68. The average molecular weight is 276 g/mol. The molecule has 0 amide bonds. The SMILES string of the molecule is CC(C)c1ccc2c(c1)C(C)(C)[C@@]2(O)C(C)(C)[C@H](C)O. The van der Waals surface area contributed by atoms with E-state index in [4.69, 9.17) is 0 Å². The Hall–Kier alpha value is -0.860. The summed E-state index contributed by atoms with van der Waals surface area (Å²) in [6.07, 6.45) is -0.579. The van der Waals surface area contributed by atoms with Crippen LogP contribution in [0.5, 0.6) is 0 Å². The van der Waals surface area contributed by atoms with E-state index in [2.05, 4.69) is 39.8 Å². The quantitative estimate of drug-likeness (QED) is 0.884. The van der Waals surface area contributed by atoms with Crippen molar-refractivity contribution < 1.29 is 10.2 Å². The van der Waals surface area contributed by atoms with Gasteiger partial charge in [0.05, 0.1) is 6.10 Å². The molecule has 1 aliphatic carbocycles. The van der Waals surface area contributed by atoms with Gasteiger partial charge in [-0.05, 0) is 29.5 Å². The molecule has 0 saturated carbocycles. The van der Waals surface area contributed by atoms with Crippen LogP contribution in [0.2, 0.25) is 0 Å². The normalized spacial score (nSPS) is 26.1. The van der Waals surface area contributed by atoms with Gasteiger partial charge in [0.2, 0.25) is 0 Å². The molecule has 1 aromatic rings. The van der Waals surface area contributed by atoms with Crippen molar-refractivity contribution in [3.63, 3.8) is 0 Å². The van der Waals surface area contributed by atoms with Gasteiger partial charge in [-0.15, -0.1) is 0 Å². The van der Waals surface area contributed by atoms with Crippen LogP contribution in [-0.2, 0) is 11.0 Å². The van der Waals surface area contributed by atoms with Gasteiger partial charge in [0.15, 0.2) is 0 Å². The third-order valence-electron chi connectivity index (χ3n) is 5.65. The lowest BCUT2D eigenvalue weighted by Gasteiger charge is -2.62. The van der Waals surface area contributed by atoms with Gasteiger partial charge in [-0.3, -0.25) is 0 Å². The smallest absolute Gasteiger partial charge is 0.106 e. The van der Waals surface area contributed by atoms with Gasteiger partial charge in [-0.1, -0.05) is 59.7 Å². The number of hydrogen-bond acceptors (Lipinski definition) is 2. The molecule has 0 aliphatic heterocycles. The van der Waals surface area contributed by atoms with Crippen LogP contribution in [0, 0.1) is 5.41 Å². The molecule has 2 N–H and O–H groups in total. The maximum absolute atomic E-state index is 11.4. The first-order chi connectivity index (χ1) is 8.98. The van der Waals surface area contributed by atoms with Crippen molar-refractivity contribution in [2.45, 2.75) is 71.5 Å². The Kier molecular flexibility index (Phi) is 3.35. The van der Waals surface area contributed by atoms with Crippen molar-refractivity contribution in [1.29, 1.82) is 0 Å². The van der Waals surface area contributed by atoms with E-state index in [-0.39, 0.29) is 5.41 Å². The molecule has 0 aromatic heterocycles. The molecule has 0 fully saturated rings. The van der Waals surface area contributed by atoms with Crippen LogP contribution in [0.4, 0.5) is 0 Å². The highest BCUT2D eigenvalue weighted by molar-refractivity contribution is 5.55. The second-order valence-corrected chi connectivity index (χ2v) is 7.69. The minimum Gasteiger partial charge on any atom is -0.393 e. The Bertz CT molecular complexity index is 526. The second-order valence-electron chi connectivity index (χ2n) is 7.69. The summed E-state index contributed by atoms with van der Waals surface area (Å²) in [5.74, 6) is 0.481. The highest BCUT2D eigenvalue weighted by atomic mass is 16.3. The van der Waals surface area contributed by atoms with Crippen LogP contribution in [0.15, 0.2) is 18.2 Å². The molecule has 2 atom stereocenters. The summed E-state index contributed by atoms with van der Waals surface area (Å²) in [5, 5.41) is 21.5. The Morgan fingerprint density at radius 2 is 1.60 bits per heavy atom. The largest absolute Gasteiger partial charge is 0.393 e. The van der Waals surface area contributed by atoms with Crippen molar-refractivity contribution >= 4 is 0 Å². The zero-order valence-corrected chi connectivity index (χ0v) is 13.8. The molecule has 0 unspecified atom stereocenters. The van der Waals surface area contributed by atoms with E-state index in [9.17, 15) is 10.2 Å². The fourth-order valence-corrected chi connectivity index (χ4v) is 3.68. The monoisotopic (exact) mass is 276 g/mol. The Morgan fingerprint density at radius 3 is 2.05 bits per heavy atom. The molecule has 0 heterocycles. The summed E-state index contributed by atoms with van der Waals surface area (Å²) in [6, 6.07) is 6.36. The molecular formula is C18H28O2.